The van der Waals surface area contributed by atoms with Gasteiger partial charge in [0.25, 0.3) is 0 Å². The van der Waals surface area contributed by atoms with E-state index in [1.807, 2.05) is 41.8 Å². The van der Waals surface area contributed by atoms with Gasteiger partial charge in [0.2, 0.25) is 5.88 Å². The average Bonchev–Trinajstić information content (AvgIpc) is 2.99. The first-order valence-corrected chi connectivity index (χ1v) is 6.56. The number of halogens is 1. The fourth-order valence-corrected chi connectivity index (χ4v) is 2.62. The van der Waals surface area contributed by atoms with Crippen LogP contribution in [0, 0.1) is 0 Å². The van der Waals surface area contributed by atoms with Gasteiger partial charge in [-0.2, -0.15) is 0 Å². The Balaban J connectivity index is 2.17. The summed E-state index contributed by atoms with van der Waals surface area (Å²) >= 11 is 7.48. The molecule has 2 heterocycles. The van der Waals surface area contributed by atoms with Crippen LogP contribution < -0.4 is 5.73 Å². The van der Waals surface area contributed by atoms with Crippen molar-refractivity contribution >= 4 is 28.8 Å². The molecular formula is C13H9ClN2OS. The number of nitrogens with zero attached hydrogens (tertiary/aromatic N) is 1. The molecule has 0 saturated carbocycles. The third kappa shape index (κ3) is 1.89. The van der Waals surface area contributed by atoms with Gasteiger partial charge in [-0.15, -0.1) is 11.3 Å². The van der Waals surface area contributed by atoms with Crippen LogP contribution in [0.25, 0.3) is 21.7 Å². The second-order valence-electron chi connectivity index (χ2n) is 3.75. The number of anilines is 1. The lowest BCUT2D eigenvalue weighted by atomic mass is 10.1. The van der Waals surface area contributed by atoms with Crippen LogP contribution in [0.15, 0.2) is 46.3 Å². The Hall–Kier alpha value is -1.78. The van der Waals surface area contributed by atoms with Crippen molar-refractivity contribution in [2.24, 2.45) is 0 Å². The lowest BCUT2D eigenvalue weighted by molar-refractivity contribution is 0.439. The summed E-state index contributed by atoms with van der Waals surface area (Å²) < 4.78 is 5.11. The molecule has 0 spiro atoms. The molecule has 0 saturated heterocycles. The Labute approximate surface area is 113 Å². The van der Waals surface area contributed by atoms with E-state index in [9.17, 15) is 0 Å². The van der Waals surface area contributed by atoms with Gasteiger partial charge in [-0.25, -0.2) is 0 Å². The Morgan fingerprint density at radius 2 is 1.94 bits per heavy atom. The van der Waals surface area contributed by atoms with E-state index in [1.54, 1.807) is 11.3 Å². The van der Waals surface area contributed by atoms with Crippen LogP contribution in [0.2, 0.25) is 5.02 Å². The lowest BCUT2D eigenvalue weighted by Gasteiger charge is -2.01. The molecule has 0 bridgehead atoms. The summed E-state index contributed by atoms with van der Waals surface area (Å²) in [7, 11) is 0. The molecule has 18 heavy (non-hydrogen) atoms. The molecule has 0 radical (unpaired) electrons. The lowest BCUT2D eigenvalue weighted by Crippen LogP contribution is -1.86. The summed E-state index contributed by atoms with van der Waals surface area (Å²) in [5.74, 6) is 0.320. The molecule has 0 atom stereocenters. The van der Waals surface area contributed by atoms with Crippen molar-refractivity contribution < 1.29 is 4.52 Å². The number of rotatable bonds is 2. The van der Waals surface area contributed by atoms with Gasteiger partial charge in [0.05, 0.1) is 10.4 Å². The highest BCUT2D eigenvalue weighted by Crippen LogP contribution is 2.38. The number of thiophene rings is 1. The topological polar surface area (TPSA) is 52.0 Å². The molecule has 0 unspecified atom stereocenters. The summed E-state index contributed by atoms with van der Waals surface area (Å²) in [4.78, 5) is 1.03. The Morgan fingerprint density at radius 3 is 2.61 bits per heavy atom. The third-order valence-corrected chi connectivity index (χ3v) is 3.73. The second kappa shape index (κ2) is 4.48. The van der Waals surface area contributed by atoms with Crippen LogP contribution in [-0.4, -0.2) is 5.16 Å². The van der Waals surface area contributed by atoms with E-state index in [4.69, 9.17) is 21.9 Å². The fraction of sp³-hybridized carbons (Fsp3) is 0. The first-order chi connectivity index (χ1) is 8.75. The molecule has 1 aromatic carbocycles. The van der Waals surface area contributed by atoms with Gasteiger partial charge >= 0.3 is 0 Å². The van der Waals surface area contributed by atoms with Crippen LogP contribution in [0.4, 0.5) is 5.88 Å². The van der Waals surface area contributed by atoms with Gasteiger partial charge < -0.3 is 10.3 Å². The maximum absolute atomic E-state index is 5.88. The van der Waals surface area contributed by atoms with Crippen LogP contribution in [-0.2, 0) is 0 Å². The fourth-order valence-electron chi connectivity index (χ4n) is 1.78. The minimum Gasteiger partial charge on any atom is -0.367 e. The van der Waals surface area contributed by atoms with Crippen molar-refractivity contribution in [2.45, 2.75) is 0 Å². The number of hydrogen-bond acceptors (Lipinski definition) is 4. The van der Waals surface area contributed by atoms with E-state index in [-0.39, 0.29) is 0 Å². The molecular weight excluding hydrogens is 268 g/mol. The van der Waals surface area contributed by atoms with Crippen LogP contribution >= 0.6 is 22.9 Å². The monoisotopic (exact) mass is 276 g/mol. The van der Waals surface area contributed by atoms with Crippen molar-refractivity contribution in [1.29, 1.82) is 0 Å². The Kier molecular flexibility index (Phi) is 2.81. The molecule has 0 fully saturated rings. The van der Waals surface area contributed by atoms with E-state index in [2.05, 4.69) is 5.16 Å². The summed E-state index contributed by atoms with van der Waals surface area (Å²) in [6.07, 6.45) is 0. The summed E-state index contributed by atoms with van der Waals surface area (Å²) in [5.41, 5.74) is 8.39. The molecule has 3 nitrogen and oxygen atoms in total. The first-order valence-electron chi connectivity index (χ1n) is 5.30. The van der Waals surface area contributed by atoms with Gasteiger partial charge in [-0.3, -0.25) is 0 Å². The number of hydrogen-bond donors (Lipinski definition) is 1. The molecule has 0 amide bonds. The van der Waals surface area contributed by atoms with Gasteiger partial charge in [0.1, 0.15) is 5.69 Å². The van der Waals surface area contributed by atoms with E-state index in [0.717, 1.165) is 21.7 Å². The van der Waals surface area contributed by atoms with Crippen LogP contribution in [0.5, 0.6) is 0 Å². The predicted octanol–water partition coefficient (Wildman–Crippen LogP) is 4.31. The number of aromatic nitrogens is 1. The number of nitrogens with two attached hydrogens (primary N) is 1. The zero-order valence-corrected chi connectivity index (χ0v) is 10.8. The quantitative estimate of drug-likeness (QED) is 0.759. The zero-order valence-electron chi connectivity index (χ0n) is 9.26. The molecule has 0 aliphatic rings. The van der Waals surface area contributed by atoms with E-state index >= 15 is 0 Å². The summed E-state index contributed by atoms with van der Waals surface area (Å²) in [6.45, 7) is 0. The van der Waals surface area contributed by atoms with Crippen LogP contribution in [0.1, 0.15) is 0 Å². The first kappa shape index (κ1) is 11.3. The highest BCUT2D eigenvalue weighted by Gasteiger charge is 2.17. The van der Waals surface area contributed by atoms with E-state index < -0.39 is 0 Å². The molecule has 3 rings (SSSR count). The minimum absolute atomic E-state index is 0.320. The molecule has 5 heteroatoms. The van der Waals surface area contributed by atoms with Gasteiger partial charge in [-0.1, -0.05) is 35.0 Å². The minimum atomic E-state index is 0.320. The highest BCUT2D eigenvalue weighted by atomic mass is 35.5. The summed E-state index contributed by atoms with van der Waals surface area (Å²) in [6, 6.07) is 11.4. The maximum Gasteiger partial charge on any atom is 0.230 e. The Morgan fingerprint density at radius 1 is 1.17 bits per heavy atom. The molecule has 90 valence electrons. The molecule has 0 aliphatic heterocycles. The van der Waals surface area contributed by atoms with Crippen molar-refractivity contribution in [1.82, 2.24) is 5.16 Å². The van der Waals surface area contributed by atoms with Crippen molar-refractivity contribution in [3.05, 3.63) is 46.8 Å². The molecule has 3 aromatic rings. The zero-order chi connectivity index (χ0) is 12.5. The largest absolute Gasteiger partial charge is 0.367 e. The van der Waals surface area contributed by atoms with Crippen molar-refractivity contribution in [3.63, 3.8) is 0 Å². The maximum atomic E-state index is 5.88. The van der Waals surface area contributed by atoms with Gasteiger partial charge in [0, 0.05) is 5.02 Å². The SMILES string of the molecule is Nc1onc(-c2cccs2)c1-c1ccc(Cl)cc1. The summed E-state index contributed by atoms with van der Waals surface area (Å²) in [5, 5.41) is 6.71. The molecule has 2 N–H and O–H groups in total. The van der Waals surface area contributed by atoms with Crippen molar-refractivity contribution in [3.8, 4) is 21.7 Å². The van der Waals surface area contributed by atoms with E-state index in [1.165, 1.54) is 0 Å². The van der Waals surface area contributed by atoms with Crippen molar-refractivity contribution in [2.75, 3.05) is 5.73 Å². The predicted molar refractivity (Wildman–Crippen MR) is 74.7 cm³/mol. The molecule has 0 aliphatic carbocycles. The van der Waals surface area contributed by atoms with Crippen LogP contribution in [0.3, 0.4) is 0 Å². The van der Waals surface area contributed by atoms with Gasteiger partial charge in [-0.05, 0) is 29.1 Å². The number of benzene rings is 1. The molecule has 2 aromatic heterocycles. The number of nitrogen functional groups attached to an aromatic ring is 1. The normalized spacial score (nSPS) is 10.7. The van der Waals surface area contributed by atoms with E-state index in [0.29, 0.717) is 10.9 Å². The second-order valence-corrected chi connectivity index (χ2v) is 5.14. The third-order valence-electron chi connectivity index (χ3n) is 2.61. The highest BCUT2D eigenvalue weighted by molar-refractivity contribution is 7.13. The average molecular weight is 277 g/mol. The standard InChI is InChI=1S/C13H9ClN2OS/c14-9-5-3-8(4-6-9)11-12(16-17-13(11)15)10-2-1-7-18-10/h1-7H,15H2. The Bertz CT molecular complexity index is 659. The smallest absolute Gasteiger partial charge is 0.230 e. The van der Waals surface area contributed by atoms with Gasteiger partial charge in [0.15, 0.2) is 0 Å².